The van der Waals surface area contributed by atoms with Gasteiger partial charge in [-0.2, -0.15) is 0 Å². The molecule has 4 N–H and O–H groups in total. The van der Waals surface area contributed by atoms with Gasteiger partial charge >= 0.3 is 0 Å². The number of ketones is 1. The maximum Gasteiger partial charge on any atom is 0.223 e. The molecule has 8 nitrogen and oxygen atoms in total. The normalized spacial score (nSPS) is 31.0. The van der Waals surface area contributed by atoms with Crippen LogP contribution in [0.1, 0.15) is 71.6 Å². The summed E-state index contributed by atoms with van der Waals surface area (Å²) >= 11 is 0. The molecular weight excluding hydrogens is 422 g/mol. The number of carbonyl (C=O) groups is 4. The quantitative estimate of drug-likeness (QED) is 0.431. The number of primary amides is 1. The van der Waals surface area contributed by atoms with Gasteiger partial charge in [0, 0.05) is 37.8 Å². The van der Waals surface area contributed by atoms with Crippen molar-refractivity contribution in [3.63, 3.8) is 0 Å². The SMILES string of the molecule is COC1CCCC2CC(C(=O)NC(CC(C)C)C(=O)CC(CC3CCNC3=O)C(N)=O)CC21. The third-order valence-corrected chi connectivity index (χ3v) is 7.96. The summed E-state index contributed by atoms with van der Waals surface area (Å²) in [6.45, 7) is 4.60. The number of carbonyl (C=O) groups excluding carboxylic acids is 4. The Morgan fingerprint density at radius 1 is 1.18 bits per heavy atom. The molecule has 0 bridgehead atoms. The van der Waals surface area contributed by atoms with Crippen molar-refractivity contribution in [2.24, 2.45) is 41.2 Å². The fourth-order valence-corrected chi connectivity index (χ4v) is 6.18. The lowest BCUT2D eigenvalue weighted by Gasteiger charge is -2.32. The average Bonchev–Trinajstić information content (AvgIpc) is 3.38. The molecule has 1 heterocycles. The van der Waals surface area contributed by atoms with Gasteiger partial charge in [0.05, 0.1) is 12.1 Å². The van der Waals surface area contributed by atoms with Gasteiger partial charge < -0.3 is 21.1 Å². The van der Waals surface area contributed by atoms with Crippen molar-refractivity contribution in [1.82, 2.24) is 10.6 Å². The van der Waals surface area contributed by atoms with Crippen molar-refractivity contribution in [3.05, 3.63) is 0 Å². The van der Waals surface area contributed by atoms with Gasteiger partial charge in [-0.1, -0.05) is 20.3 Å². The lowest BCUT2D eigenvalue weighted by Crippen LogP contribution is -2.45. The summed E-state index contributed by atoms with van der Waals surface area (Å²) in [6, 6.07) is -0.641. The predicted octanol–water partition coefficient (Wildman–Crippen LogP) is 1.95. The largest absolute Gasteiger partial charge is 0.381 e. The van der Waals surface area contributed by atoms with E-state index in [0.717, 1.165) is 32.1 Å². The minimum absolute atomic E-state index is 0.0432. The number of nitrogens with two attached hydrogens (primary N) is 1. The number of nitrogens with one attached hydrogen (secondary N) is 2. The molecule has 0 spiro atoms. The molecule has 3 amide bonds. The maximum absolute atomic E-state index is 13.2. The topological polar surface area (TPSA) is 128 Å². The number of methoxy groups -OCH3 is 1. The van der Waals surface area contributed by atoms with Gasteiger partial charge in [0.1, 0.15) is 0 Å². The molecule has 0 aromatic heterocycles. The van der Waals surface area contributed by atoms with Crippen molar-refractivity contribution >= 4 is 23.5 Å². The number of hydrogen-bond acceptors (Lipinski definition) is 5. The average molecular weight is 464 g/mol. The number of amides is 3. The first-order chi connectivity index (χ1) is 15.7. The first-order valence-corrected chi connectivity index (χ1v) is 12.6. The minimum Gasteiger partial charge on any atom is -0.381 e. The molecule has 8 heteroatoms. The van der Waals surface area contributed by atoms with E-state index in [4.69, 9.17) is 10.5 Å². The first kappa shape index (κ1) is 25.7. The predicted molar refractivity (Wildman–Crippen MR) is 124 cm³/mol. The van der Waals surface area contributed by atoms with E-state index in [-0.39, 0.29) is 54.3 Å². The number of rotatable bonds is 11. The van der Waals surface area contributed by atoms with Gasteiger partial charge in [-0.25, -0.2) is 0 Å². The molecule has 0 aromatic carbocycles. The van der Waals surface area contributed by atoms with Gasteiger partial charge in [0.25, 0.3) is 0 Å². The standard InChI is InChI=1S/C25H41N3O5/c1-14(2)9-20(21(29)13-17(23(26)30)11-16-7-8-27-24(16)31)28-25(32)18-10-15-5-4-6-22(33-3)19(15)12-18/h14-20,22H,4-13H2,1-3H3,(H2,26,30)(H,27,31)(H,28,32). The second-order valence-electron chi connectivity index (χ2n) is 10.8. The van der Waals surface area contributed by atoms with Crippen LogP contribution in [0.25, 0.3) is 0 Å². The Kier molecular flexibility index (Phi) is 8.90. The van der Waals surface area contributed by atoms with Crippen LogP contribution in [-0.4, -0.2) is 49.3 Å². The lowest BCUT2D eigenvalue weighted by molar-refractivity contribution is -0.133. The highest BCUT2D eigenvalue weighted by Crippen LogP contribution is 2.46. The summed E-state index contributed by atoms with van der Waals surface area (Å²) in [5, 5.41) is 5.78. The fraction of sp³-hybridized carbons (Fsp3) is 0.840. The second-order valence-corrected chi connectivity index (χ2v) is 10.8. The van der Waals surface area contributed by atoms with Crippen LogP contribution in [0.3, 0.4) is 0 Å². The van der Waals surface area contributed by atoms with Crippen molar-refractivity contribution in [2.45, 2.75) is 83.8 Å². The van der Waals surface area contributed by atoms with Crippen molar-refractivity contribution in [3.8, 4) is 0 Å². The van der Waals surface area contributed by atoms with Crippen molar-refractivity contribution in [1.29, 1.82) is 0 Å². The van der Waals surface area contributed by atoms with E-state index < -0.39 is 17.9 Å². The van der Waals surface area contributed by atoms with Gasteiger partial charge in [-0.15, -0.1) is 0 Å². The molecular formula is C25H41N3O5. The number of Topliss-reactive ketones (excluding diaryl/α,β-unsaturated/α-hetero) is 1. The Balaban J connectivity index is 1.62. The minimum atomic E-state index is -0.699. The van der Waals surface area contributed by atoms with Crippen LogP contribution in [0.15, 0.2) is 0 Å². The number of fused-ring (bicyclic) bond motifs is 1. The number of hydrogen-bond donors (Lipinski definition) is 3. The zero-order valence-electron chi connectivity index (χ0n) is 20.3. The summed E-state index contributed by atoms with van der Waals surface area (Å²) in [5.41, 5.74) is 5.58. The van der Waals surface area contributed by atoms with E-state index >= 15 is 0 Å². The third kappa shape index (κ3) is 6.55. The van der Waals surface area contributed by atoms with Crippen molar-refractivity contribution < 1.29 is 23.9 Å². The molecule has 33 heavy (non-hydrogen) atoms. The van der Waals surface area contributed by atoms with E-state index in [1.54, 1.807) is 7.11 Å². The maximum atomic E-state index is 13.2. The zero-order valence-corrected chi connectivity index (χ0v) is 20.3. The molecule has 2 saturated carbocycles. The Hall–Kier alpha value is -1.96. The Labute approximate surface area is 197 Å². The first-order valence-electron chi connectivity index (χ1n) is 12.6. The molecule has 1 aliphatic heterocycles. The lowest BCUT2D eigenvalue weighted by atomic mass is 9.79. The van der Waals surface area contributed by atoms with Crippen LogP contribution >= 0.6 is 0 Å². The Bertz CT molecular complexity index is 740. The highest BCUT2D eigenvalue weighted by atomic mass is 16.5. The Morgan fingerprint density at radius 2 is 1.94 bits per heavy atom. The van der Waals surface area contributed by atoms with E-state index in [0.29, 0.717) is 31.2 Å². The second kappa shape index (κ2) is 11.4. The van der Waals surface area contributed by atoms with Gasteiger partial charge in [-0.05, 0) is 62.7 Å². The van der Waals surface area contributed by atoms with E-state index in [2.05, 4.69) is 10.6 Å². The smallest absolute Gasteiger partial charge is 0.223 e. The van der Waals surface area contributed by atoms with Crippen LogP contribution in [-0.2, 0) is 23.9 Å². The molecule has 2 aliphatic carbocycles. The molecule has 3 fully saturated rings. The molecule has 7 unspecified atom stereocenters. The molecule has 0 aromatic rings. The van der Waals surface area contributed by atoms with Crippen LogP contribution in [0.2, 0.25) is 0 Å². The molecule has 0 radical (unpaired) electrons. The van der Waals surface area contributed by atoms with Crippen LogP contribution in [0.5, 0.6) is 0 Å². The van der Waals surface area contributed by atoms with E-state index in [9.17, 15) is 19.2 Å². The number of ether oxygens (including phenoxy) is 1. The summed E-state index contributed by atoms with van der Waals surface area (Å²) in [4.78, 5) is 50.4. The van der Waals surface area contributed by atoms with Crippen LogP contribution < -0.4 is 16.4 Å². The van der Waals surface area contributed by atoms with Gasteiger partial charge in [-0.3, -0.25) is 19.2 Å². The van der Waals surface area contributed by atoms with Crippen LogP contribution in [0, 0.1) is 35.5 Å². The van der Waals surface area contributed by atoms with Gasteiger partial charge in [0.2, 0.25) is 17.7 Å². The van der Waals surface area contributed by atoms with E-state index in [1.165, 1.54) is 0 Å². The summed E-state index contributed by atoms with van der Waals surface area (Å²) in [7, 11) is 1.75. The monoisotopic (exact) mass is 463 g/mol. The van der Waals surface area contributed by atoms with Crippen molar-refractivity contribution in [2.75, 3.05) is 13.7 Å². The highest BCUT2D eigenvalue weighted by molar-refractivity contribution is 5.93. The zero-order chi connectivity index (χ0) is 24.1. The third-order valence-electron chi connectivity index (χ3n) is 7.96. The molecule has 186 valence electrons. The van der Waals surface area contributed by atoms with E-state index in [1.807, 2.05) is 13.8 Å². The molecule has 3 rings (SSSR count). The molecule has 1 saturated heterocycles. The highest BCUT2D eigenvalue weighted by Gasteiger charge is 2.44. The summed E-state index contributed by atoms with van der Waals surface area (Å²) in [6.07, 6.45) is 6.59. The summed E-state index contributed by atoms with van der Waals surface area (Å²) in [5.74, 6) is -0.859. The fourth-order valence-electron chi connectivity index (χ4n) is 6.18. The molecule has 3 aliphatic rings. The Morgan fingerprint density at radius 3 is 2.55 bits per heavy atom. The molecule has 7 atom stereocenters. The van der Waals surface area contributed by atoms with Crippen LogP contribution in [0.4, 0.5) is 0 Å². The van der Waals surface area contributed by atoms with Gasteiger partial charge in [0.15, 0.2) is 5.78 Å². The summed E-state index contributed by atoms with van der Waals surface area (Å²) < 4.78 is 5.68.